The maximum atomic E-state index is 15.3. The first-order valence-electron chi connectivity index (χ1n) is 27.4. The minimum absolute atomic E-state index is 0.102. The number of nitrogens with one attached hydrogen (secondary N) is 2. The van der Waals surface area contributed by atoms with Gasteiger partial charge in [-0.25, -0.2) is 15.0 Å². The smallest absolute Gasteiger partial charge is 0.238 e. The summed E-state index contributed by atoms with van der Waals surface area (Å²) < 4.78 is 2.20. The first-order valence-corrected chi connectivity index (χ1v) is 27.4. The highest BCUT2D eigenvalue weighted by Gasteiger charge is 2.60. The lowest BCUT2D eigenvalue weighted by molar-refractivity contribution is -0.169. The van der Waals surface area contributed by atoms with E-state index in [2.05, 4.69) is 73.0 Å². The van der Waals surface area contributed by atoms with Crippen LogP contribution < -0.4 is 20.4 Å². The van der Waals surface area contributed by atoms with E-state index < -0.39 is 10.8 Å². The maximum absolute atomic E-state index is 15.3. The average molecular weight is 976 g/mol. The lowest BCUT2D eigenvalue weighted by atomic mass is 9.57. The van der Waals surface area contributed by atoms with Gasteiger partial charge in [0.15, 0.2) is 5.82 Å². The van der Waals surface area contributed by atoms with Gasteiger partial charge in [0.1, 0.15) is 11.3 Å². The molecule has 10 heterocycles. The van der Waals surface area contributed by atoms with Crippen molar-refractivity contribution in [2.24, 2.45) is 17.3 Å². The fraction of sp³-hybridized carbons (Fsp3) is 0.607. The molecule has 3 aliphatic carbocycles. The van der Waals surface area contributed by atoms with Gasteiger partial charge in [0.25, 0.3) is 0 Å². The Morgan fingerprint density at radius 1 is 0.833 bits per heavy atom. The zero-order chi connectivity index (χ0) is 49.0. The van der Waals surface area contributed by atoms with E-state index in [1.54, 1.807) is 6.20 Å². The molecule has 4 aromatic rings. The van der Waals surface area contributed by atoms with Crippen LogP contribution in [0, 0.1) is 17.3 Å². The fourth-order valence-corrected chi connectivity index (χ4v) is 14.4. The molecule has 14 rings (SSSR count). The van der Waals surface area contributed by atoms with Crippen molar-refractivity contribution in [2.45, 2.75) is 146 Å². The van der Waals surface area contributed by atoms with Gasteiger partial charge in [-0.3, -0.25) is 29.3 Å². The number of hydrogen-bond donors (Lipinski definition) is 2. The number of carbonyl (C=O) groups excluding carboxylic acids is 5. The van der Waals surface area contributed by atoms with Crippen LogP contribution in [0.2, 0.25) is 0 Å². The molecule has 1 unspecified atom stereocenters. The highest BCUT2D eigenvalue weighted by Crippen LogP contribution is 2.55. The van der Waals surface area contributed by atoms with E-state index in [1.807, 2.05) is 28.3 Å². The number of rotatable bonds is 10. The Morgan fingerprint density at radius 3 is 2.32 bits per heavy atom. The third-order valence-electron chi connectivity index (χ3n) is 18.7. The topological polar surface area (TPSA) is 169 Å². The van der Waals surface area contributed by atoms with Gasteiger partial charge in [0.05, 0.1) is 34.3 Å². The van der Waals surface area contributed by atoms with E-state index in [0.717, 1.165) is 102 Å². The second kappa shape index (κ2) is 17.7. The number of aromatic nitrogens is 4. The lowest BCUT2D eigenvalue weighted by Gasteiger charge is -2.57. The summed E-state index contributed by atoms with van der Waals surface area (Å²) in [6.07, 6.45) is 16.8. The molecule has 378 valence electrons. The molecule has 72 heavy (non-hydrogen) atoms. The summed E-state index contributed by atoms with van der Waals surface area (Å²) in [5.41, 5.74) is 5.45. The number of carbonyl (C=O) groups is 5. The summed E-state index contributed by atoms with van der Waals surface area (Å²) in [7, 11) is 0. The van der Waals surface area contributed by atoms with Crippen LogP contribution in [0.3, 0.4) is 0 Å². The molecule has 1 atom stereocenters. The van der Waals surface area contributed by atoms with Crippen molar-refractivity contribution in [3.8, 4) is 11.3 Å². The number of imidazole rings is 1. The molecule has 7 aliphatic heterocycles. The van der Waals surface area contributed by atoms with Gasteiger partial charge in [-0.05, 0) is 146 Å². The van der Waals surface area contributed by atoms with Gasteiger partial charge in [-0.2, -0.15) is 0 Å². The molecule has 6 saturated heterocycles. The van der Waals surface area contributed by atoms with Crippen LogP contribution in [0.15, 0.2) is 48.9 Å². The number of hydrogen-bond acceptors (Lipinski definition) is 11. The summed E-state index contributed by atoms with van der Waals surface area (Å²) in [5, 5.41) is 6.14. The Hall–Kier alpha value is -5.90. The van der Waals surface area contributed by atoms with Crippen molar-refractivity contribution in [3.05, 3.63) is 60.0 Å². The van der Waals surface area contributed by atoms with Gasteiger partial charge in [-0.1, -0.05) is 24.6 Å². The molecule has 3 saturated carbocycles. The van der Waals surface area contributed by atoms with Crippen LogP contribution in [0.25, 0.3) is 22.3 Å². The third kappa shape index (κ3) is 7.78. The molecule has 1 spiro atoms. The predicted octanol–water partition coefficient (Wildman–Crippen LogP) is 6.55. The highest BCUT2D eigenvalue weighted by molar-refractivity contribution is 6.10. The van der Waals surface area contributed by atoms with E-state index in [-0.39, 0.29) is 53.5 Å². The highest BCUT2D eigenvalue weighted by atomic mass is 16.2. The second-order valence-electron chi connectivity index (χ2n) is 23.5. The van der Waals surface area contributed by atoms with Crippen molar-refractivity contribution in [1.82, 2.24) is 39.5 Å². The van der Waals surface area contributed by atoms with Gasteiger partial charge in [0.2, 0.25) is 29.5 Å². The molecule has 0 radical (unpaired) electrons. The van der Waals surface area contributed by atoms with Gasteiger partial charge in [0, 0.05) is 93.2 Å². The molecule has 16 heteroatoms. The molecule has 10 aliphatic rings. The molecule has 2 N–H and O–H groups in total. The molecule has 2 bridgehead atoms. The van der Waals surface area contributed by atoms with Crippen LogP contribution in [-0.2, 0) is 29.4 Å². The first kappa shape index (κ1) is 45.9. The second-order valence-corrected chi connectivity index (χ2v) is 23.5. The molecule has 1 aromatic carbocycles. The zero-order valence-electron chi connectivity index (χ0n) is 42.0. The molecule has 16 nitrogen and oxygen atoms in total. The van der Waals surface area contributed by atoms with Crippen molar-refractivity contribution in [2.75, 3.05) is 67.5 Å². The van der Waals surface area contributed by atoms with Crippen LogP contribution in [0.4, 0.5) is 17.3 Å². The predicted molar refractivity (Wildman–Crippen MR) is 273 cm³/mol. The van der Waals surface area contributed by atoms with Gasteiger partial charge in [-0.15, -0.1) is 0 Å². The van der Waals surface area contributed by atoms with Gasteiger partial charge < -0.3 is 34.4 Å². The molecule has 3 aromatic heterocycles. The van der Waals surface area contributed by atoms with Crippen molar-refractivity contribution in [3.63, 3.8) is 0 Å². The van der Waals surface area contributed by atoms with Crippen molar-refractivity contribution in [1.29, 1.82) is 0 Å². The number of pyridine rings is 2. The number of imide groups is 1. The number of nitrogens with zero attached hydrogens (tertiary/aromatic N) is 9. The van der Waals surface area contributed by atoms with Gasteiger partial charge >= 0.3 is 0 Å². The number of piperidine rings is 6. The van der Waals surface area contributed by atoms with E-state index in [4.69, 9.17) is 9.97 Å². The molecule has 5 amide bonds. The number of fused-ring (bicyclic) bond motifs is 5. The molecular formula is C56H69N11O5. The van der Waals surface area contributed by atoms with E-state index in [9.17, 15) is 19.2 Å². The Bertz CT molecular complexity index is 2820. The Kier molecular flexibility index (Phi) is 11.3. The summed E-state index contributed by atoms with van der Waals surface area (Å²) in [6, 6.07) is 13.9. The number of likely N-dealkylation sites (tertiary alicyclic amines) is 2. The van der Waals surface area contributed by atoms with Crippen LogP contribution >= 0.6 is 0 Å². The summed E-state index contributed by atoms with van der Waals surface area (Å²) in [5.74, 6) is 1.58. The number of benzene rings is 1. The normalized spacial score (nSPS) is 28.6. The monoisotopic (exact) mass is 976 g/mol. The first-order chi connectivity index (χ1) is 34.9. The molecule has 9 fully saturated rings. The number of anilines is 3. The van der Waals surface area contributed by atoms with Crippen molar-refractivity contribution < 1.29 is 24.0 Å². The quantitative estimate of drug-likeness (QED) is 0.166. The summed E-state index contributed by atoms with van der Waals surface area (Å²) in [4.78, 5) is 94.3. The van der Waals surface area contributed by atoms with E-state index in [1.165, 1.54) is 19.3 Å². The zero-order valence-corrected chi connectivity index (χ0v) is 42.0. The van der Waals surface area contributed by atoms with Crippen LogP contribution in [0.5, 0.6) is 0 Å². The average Bonchev–Trinajstić information content (AvgIpc) is 4.04. The fourth-order valence-electron chi connectivity index (χ4n) is 14.4. The minimum Gasteiger partial charge on any atom is -0.366 e. The van der Waals surface area contributed by atoms with E-state index in [0.29, 0.717) is 95.8 Å². The van der Waals surface area contributed by atoms with Crippen LogP contribution in [-0.4, -0.2) is 134 Å². The summed E-state index contributed by atoms with van der Waals surface area (Å²) >= 11 is 0. The van der Waals surface area contributed by atoms with Crippen molar-refractivity contribution >= 4 is 57.9 Å². The maximum Gasteiger partial charge on any atom is 0.238 e. The van der Waals surface area contributed by atoms with Crippen LogP contribution in [0.1, 0.15) is 133 Å². The Morgan fingerprint density at radius 2 is 1.61 bits per heavy atom. The Balaban J connectivity index is 0.695. The summed E-state index contributed by atoms with van der Waals surface area (Å²) in [6.45, 7) is 10.3. The standard InChI is InChI=1S/C56H69N11O5/c1-34(2)66-33-58-45-27-44(60-50(49(45)66)59-39-8-9-39)37-6-11-43-46(24-37)67(41-25-40(26-41)62-18-4-3-5-19-62)54(72)56(43)16-22-64(23-17-56)53(71)55-28-35(29-55)31-65(32-55)52(70)36-14-20-63(21-15-36)47-12-7-38(30-57-47)42-10-13-48(68)61-51(42)69/h6-7,11-12,24,27,30,33-36,39-42H,3-5,8-10,13-23,25-26,28-29,31-32H2,1-2H3,(H,59,60)(H,61,68,69)/t35?,40-,41+,42?,55?. The SMILES string of the molecule is CC(C)n1cnc2cc(-c3ccc4c(c3)N([C@H]3C[C@@H](N5CCCCC5)C3)C(=O)C43CCN(C(=O)C45CC(CN(C(=O)C6CCN(c7ccc(C8CCC(=O)NC8=O)cn7)CC6)C4)C5)CC3)nc(NC3CC3)c21. The minimum atomic E-state index is -0.693. The molecular weight excluding hydrogens is 907 g/mol. The Labute approximate surface area is 421 Å². The lowest BCUT2D eigenvalue weighted by Crippen LogP contribution is -2.65. The third-order valence-corrected chi connectivity index (χ3v) is 18.7. The van der Waals surface area contributed by atoms with E-state index >= 15 is 4.79 Å². The number of amides is 5. The largest absolute Gasteiger partial charge is 0.366 e.